The average Bonchev–Trinajstić information content (AvgIpc) is 2.10. The molecule has 1 aliphatic rings. The summed E-state index contributed by atoms with van der Waals surface area (Å²) in [7, 11) is 3.87. The molecule has 1 rings (SSSR count). The van der Waals surface area contributed by atoms with E-state index in [1.54, 1.807) is 7.11 Å². The van der Waals surface area contributed by atoms with Gasteiger partial charge in [-0.3, -0.25) is 0 Å². The van der Waals surface area contributed by atoms with E-state index in [9.17, 15) is 0 Å². The van der Waals surface area contributed by atoms with Crippen molar-refractivity contribution in [2.75, 3.05) is 40.5 Å². The van der Waals surface area contributed by atoms with E-state index in [4.69, 9.17) is 9.84 Å². The fraction of sp³-hybridized carbons (Fsp3) is 1.00. The van der Waals surface area contributed by atoms with Gasteiger partial charge in [-0.05, 0) is 33.0 Å². The maximum atomic E-state index is 7.52. The van der Waals surface area contributed by atoms with Crippen molar-refractivity contribution >= 4 is 0 Å². The van der Waals surface area contributed by atoms with Gasteiger partial charge in [-0.1, -0.05) is 0 Å². The second-order valence-corrected chi connectivity index (χ2v) is 3.91. The molecule has 1 saturated heterocycles. The number of rotatable bonds is 3. The molecule has 12 heavy (non-hydrogen) atoms. The first-order chi connectivity index (χ1) is 5.72. The minimum absolute atomic E-state index is 0.154. The molecule has 1 aliphatic heterocycles. The van der Waals surface area contributed by atoms with Gasteiger partial charge in [-0.25, -0.2) is 0 Å². The minimum atomic E-state index is 0.154. The fourth-order valence-corrected chi connectivity index (χ4v) is 1.77. The second-order valence-electron chi connectivity index (χ2n) is 3.91. The van der Waals surface area contributed by atoms with Crippen LogP contribution in [0.15, 0.2) is 0 Å². The van der Waals surface area contributed by atoms with Crippen LogP contribution in [0.3, 0.4) is 0 Å². The molecule has 0 radical (unpaired) electrons. The normalized spacial score (nSPS) is 24.2. The smallest absolute Gasteiger partial charge is 0.151 e. The highest BCUT2D eigenvalue weighted by atomic mass is 16.5. The van der Waals surface area contributed by atoms with E-state index in [1.165, 1.54) is 0 Å². The number of nitrogens with zero attached hydrogens (tertiary/aromatic N) is 1. The molecule has 1 fully saturated rings. The zero-order chi connectivity index (χ0) is 9.03. The number of likely N-dealkylation sites (tertiary alicyclic amines) is 1. The van der Waals surface area contributed by atoms with Crippen molar-refractivity contribution in [3.05, 3.63) is 0 Å². The van der Waals surface area contributed by atoms with Gasteiger partial charge in [0.1, 0.15) is 0 Å². The summed E-state index contributed by atoms with van der Waals surface area (Å²) in [5.74, 6) is 0. The molecule has 0 bridgehead atoms. The van der Waals surface area contributed by atoms with E-state index in [0.717, 1.165) is 32.5 Å². The molecule has 0 spiro atoms. The van der Waals surface area contributed by atoms with Crippen LogP contribution < -0.4 is 0 Å². The molecule has 0 aromatic heterocycles. The summed E-state index contributed by atoms with van der Waals surface area (Å²) in [5, 5.41) is 7.52. The maximum absolute atomic E-state index is 7.52. The highest BCUT2D eigenvalue weighted by Gasteiger charge is 2.35. The lowest BCUT2D eigenvalue weighted by atomic mass is 9.80. The number of ether oxygens (including phenoxy) is 1. The molecule has 0 aliphatic carbocycles. The number of hydrogen-bond donors (Lipinski definition) is 0. The zero-order valence-electron chi connectivity index (χ0n) is 8.10. The Hall–Kier alpha value is -0.120. The van der Waals surface area contributed by atoms with E-state index < -0.39 is 0 Å². The number of piperidine rings is 1. The number of methoxy groups -OCH3 is 1. The van der Waals surface area contributed by atoms with Crippen molar-refractivity contribution < 1.29 is 9.84 Å². The molecule has 0 saturated carbocycles. The third-order valence-electron chi connectivity index (χ3n) is 2.87. The highest BCUT2D eigenvalue weighted by molar-refractivity contribution is 4.84. The molecule has 1 heterocycles. The first-order valence-corrected chi connectivity index (χ1v) is 4.54. The van der Waals surface area contributed by atoms with Crippen LogP contribution in [0.25, 0.3) is 0 Å². The summed E-state index contributed by atoms with van der Waals surface area (Å²) < 4.78 is 5.17. The highest BCUT2D eigenvalue weighted by Crippen LogP contribution is 2.30. The van der Waals surface area contributed by atoms with Gasteiger partial charge in [-0.15, -0.1) is 0 Å². The maximum Gasteiger partial charge on any atom is 0.151 e. The van der Waals surface area contributed by atoms with Crippen LogP contribution >= 0.6 is 0 Å². The first kappa shape index (κ1) is 9.96. The van der Waals surface area contributed by atoms with E-state index in [2.05, 4.69) is 11.9 Å². The molecule has 2 N–H and O–H groups in total. The van der Waals surface area contributed by atoms with E-state index in [0.29, 0.717) is 6.61 Å². The zero-order valence-corrected chi connectivity index (χ0v) is 8.10. The Balaban J connectivity index is 2.45. The lowest BCUT2D eigenvalue weighted by Crippen LogP contribution is -2.42. The van der Waals surface area contributed by atoms with Crippen molar-refractivity contribution in [3.8, 4) is 0 Å². The van der Waals surface area contributed by atoms with E-state index in [1.807, 2.05) is 0 Å². The molecular weight excluding hydrogens is 154 g/mol. The Labute approximate surface area is 74.3 Å². The molecular formula is C9H20NO2+. The predicted molar refractivity (Wildman–Crippen MR) is 49.5 cm³/mol. The van der Waals surface area contributed by atoms with Crippen LogP contribution in [0.4, 0.5) is 0 Å². The van der Waals surface area contributed by atoms with Gasteiger partial charge >= 0.3 is 0 Å². The lowest BCUT2D eigenvalue weighted by molar-refractivity contribution is -0.0126. The van der Waals surface area contributed by atoms with Crippen LogP contribution in [0.2, 0.25) is 0 Å². The van der Waals surface area contributed by atoms with Crippen LogP contribution in [0, 0.1) is 5.41 Å². The summed E-state index contributed by atoms with van der Waals surface area (Å²) in [6.07, 6.45) is 2.22. The van der Waals surface area contributed by atoms with Crippen LogP contribution in [-0.2, 0) is 4.74 Å². The molecule has 0 amide bonds. The molecule has 0 atom stereocenters. The Kier molecular flexibility index (Phi) is 3.50. The predicted octanol–water partition coefficient (Wildman–Crippen LogP) is 0.0694. The van der Waals surface area contributed by atoms with E-state index >= 15 is 0 Å². The summed E-state index contributed by atoms with van der Waals surface area (Å²) in [6.45, 7) is 3.49. The van der Waals surface area contributed by atoms with Crippen LogP contribution in [0.5, 0.6) is 0 Å². The van der Waals surface area contributed by atoms with Crippen molar-refractivity contribution in [1.82, 2.24) is 4.90 Å². The van der Waals surface area contributed by atoms with Gasteiger partial charge in [0.25, 0.3) is 0 Å². The molecule has 3 heteroatoms. The average molecular weight is 174 g/mol. The van der Waals surface area contributed by atoms with Gasteiger partial charge in [0.2, 0.25) is 0 Å². The Morgan fingerprint density at radius 3 is 2.42 bits per heavy atom. The lowest BCUT2D eigenvalue weighted by Gasteiger charge is -2.36. The summed E-state index contributed by atoms with van der Waals surface area (Å²) >= 11 is 0. The van der Waals surface area contributed by atoms with Crippen molar-refractivity contribution in [2.24, 2.45) is 5.41 Å². The van der Waals surface area contributed by atoms with Gasteiger partial charge in [-0.2, -0.15) is 0 Å². The van der Waals surface area contributed by atoms with Crippen molar-refractivity contribution in [3.63, 3.8) is 0 Å². The summed E-state index contributed by atoms with van der Waals surface area (Å²) in [5.41, 5.74) is 0.154. The molecule has 3 nitrogen and oxygen atoms in total. The quantitative estimate of drug-likeness (QED) is 0.568. The standard InChI is InChI=1S/C9H19NO2/c1-10-5-3-9(7-11,4-6-10)8-12-2/h11H,3-8H2,1-2H3/p+1. The topological polar surface area (TPSA) is 35.4 Å². The largest absolute Gasteiger partial charge is 0.445 e. The van der Waals surface area contributed by atoms with Gasteiger partial charge in [0, 0.05) is 7.11 Å². The van der Waals surface area contributed by atoms with E-state index in [-0.39, 0.29) is 5.41 Å². The fourth-order valence-electron chi connectivity index (χ4n) is 1.77. The molecule has 0 unspecified atom stereocenters. The third-order valence-corrected chi connectivity index (χ3v) is 2.87. The Bertz CT molecular complexity index is 130. The molecule has 0 aromatic rings. The van der Waals surface area contributed by atoms with Gasteiger partial charge in [0.15, 0.2) is 6.61 Å². The summed E-state index contributed by atoms with van der Waals surface area (Å²) in [6, 6.07) is 0. The summed E-state index contributed by atoms with van der Waals surface area (Å²) in [4.78, 5) is 2.32. The van der Waals surface area contributed by atoms with Gasteiger partial charge in [0.05, 0.1) is 12.0 Å². The van der Waals surface area contributed by atoms with Crippen molar-refractivity contribution in [2.45, 2.75) is 12.8 Å². The van der Waals surface area contributed by atoms with Crippen LogP contribution in [-0.4, -0.2) is 50.5 Å². The van der Waals surface area contributed by atoms with Gasteiger partial charge < -0.3 is 14.7 Å². The van der Waals surface area contributed by atoms with Crippen molar-refractivity contribution in [1.29, 1.82) is 0 Å². The second kappa shape index (κ2) is 4.21. The molecule has 0 aromatic carbocycles. The Morgan fingerprint density at radius 2 is 2.00 bits per heavy atom. The first-order valence-electron chi connectivity index (χ1n) is 4.54. The third kappa shape index (κ3) is 2.19. The molecule has 72 valence electrons. The van der Waals surface area contributed by atoms with Crippen LogP contribution in [0.1, 0.15) is 12.8 Å². The Morgan fingerprint density at radius 1 is 1.42 bits per heavy atom. The monoisotopic (exact) mass is 174 g/mol. The SMILES string of the molecule is COCC1(C[OH2+])CCN(C)CC1. The minimum Gasteiger partial charge on any atom is -0.445 e. The number of hydrogen-bond acceptors (Lipinski definition) is 2.